The highest BCUT2D eigenvalue weighted by Gasteiger charge is 2.58. The lowest BCUT2D eigenvalue weighted by Crippen LogP contribution is -2.61. The topological polar surface area (TPSA) is 196 Å². The number of benzene rings is 3. The van der Waals surface area contributed by atoms with Crippen LogP contribution in [0.1, 0.15) is 29.5 Å². The molecule has 17 heteroatoms. The summed E-state index contributed by atoms with van der Waals surface area (Å²) in [6.07, 6.45) is 9.17. The van der Waals surface area contributed by atoms with Crippen molar-refractivity contribution >= 4 is 48.3 Å². The number of ether oxygens (including phenoxy) is 12. The quantitative estimate of drug-likeness (QED) is 0.0277. The Labute approximate surface area is 418 Å². The van der Waals surface area contributed by atoms with Crippen LogP contribution in [0.5, 0.6) is 34.5 Å². The zero-order valence-corrected chi connectivity index (χ0v) is 40.2. The molecular weight excluding hydrogens is 933 g/mol. The Morgan fingerprint density at radius 3 is 1.10 bits per heavy atom. The molecule has 3 aromatic rings. The van der Waals surface area contributed by atoms with Crippen LogP contribution in [0, 0.1) is 0 Å². The Morgan fingerprint density at radius 2 is 0.792 bits per heavy atom. The summed E-state index contributed by atoms with van der Waals surface area (Å²) >= 11 is 0. The van der Waals surface area contributed by atoms with Gasteiger partial charge in [-0.25, -0.2) is 24.0 Å². The minimum Gasteiger partial charge on any atom is -0.486 e. The van der Waals surface area contributed by atoms with Gasteiger partial charge in [0.2, 0.25) is 5.60 Å². The number of methoxy groups -OCH3 is 2. The van der Waals surface area contributed by atoms with Gasteiger partial charge in [-0.2, -0.15) is 0 Å². The Bertz CT molecular complexity index is 2410. The van der Waals surface area contributed by atoms with E-state index in [0.717, 1.165) is 32.4 Å². The van der Waals surface area contributed by atoms with Crippen molar-refractivity contribution in [2.45, 2.75) is 36.8 Å². The summed E-state index contributed by atoms with van der Waals surface area (Å²) in [7, 11) is 2.04. The number of rotatable bonds is 29. The van der Waals surface area contributed by atoms with Crippen molar-refractivity contribution in [2.75, 3.05) is 53.9 Å². The fraction of sp³-hybridized carbons (Fsp3) is 0.255. The third-order valence-electron chi connectivity index (χ3n) is 9.86. The maximum atomic E-state index is 13.8. The Hall–Kier alpha value is -8.73. The second kappa shape index (κ2) is 29.3. The van der Waals surface area contributed by atoms with Crippen molar-refractivity contribution in [3.05, 3.63) is 165 Å². The molecule has 0 spiro atoms. The molecule has 1 aliphatic rings. The van der Waals surface area contributed by atoms with Crippen LogP contribution >= 0.6 is 0 Å². The Kier molecular flexibility index (Phi) is 22.8. The first kappa shape index (κ1) is 55.9. The van der Waals surface area contributed by atoms with Gasteiger partial charge in [-0.15, -0.1) is 0 Å². The van der Waals surface area contributed by atoms with Gasteiger partial charge in [0.25, 0.3) is 0 Å². The second-order valence-corrected chi connectivity index (χ2v) is 15.0. The average molecular weight is 991 g/mol. The van der Waals surface area contributed by atoms with E-state index in [1.54, 1.807) is 91.1 Å². The zero-order valence-electron chi connectivity index (χ0n) is 40.2. The van der Waals surface area contributed by atoms with E-state index >= 15 is 0 Å². The SMILES string of the molecule is C=CCOc1ccc(/C=C/C(=O)O[C@@H]2C[C@](OC(=O)OC)(C(=O)OC)C[C@@H](OC(=O)/C=C/c3ccc(OCC=C)c(OCC=C)c3)[C@H]2OC(=O)/C=C/c2ccc(OCC=C)c(OCC=C)c2)cc1OCC=C. The van der Waals surface area contributed by atoms with E-state index in [-0.39, 0.29) is 39.6 Å². The van der Waals surface area contributed by atoms with E-state index in [9.17, 15) is 24.0 Å². The normalized spacial score (nSPS) is 17.1. The summed E-state index contributed by atoms with van der Waals surface area (Å²) in [5, 5.41) is 0. The second-order valence-electron chi connectivity index (χ2n) is 15.0. The van der Waals surface area contributed by atoms with Crippen molar-refractivity contribution in [3.63, 3.8) is 0 Å². The number of carbonyl (C=O) groups excluding carboxylic acids is 5. The first-order valence-corrected chi connectivity index (χ1v) is 22.2. The van der Waals surface area contributed by atoms with E-state index in [1.807, 2.05) is 0 Å². The minimum absolute atomic E-state index is 0.154. The van der Waals surface area contributed by atoms with E-state index in [0.29, 0.717) is 51.2 Å². The Morgan fingerprint density at radius 1 is 0.472 bits per heavy atom. The van der Waals surface area contributed by atoms with E-state index in [4.69, 9.17) is 56.8 Å². The van der Waals surface area contributed by atoms with Gasteiger partial charge >= 0.3 is 30.0 Å². The first-order valence-electron chi connectivity index (χ1n) is 22.2. The fourth-order valence-electron chi connectivity index (χ4n) is 6.77. The number of carbonyl (C=O) groups is 5. The van der Waals surface area contributed by atoms with E-state index in [2.05, 4.69) is 39.5 Å². The summed E-state index contributed by atoms with van der Waals surface area (Å²) < 4.78 is 67.5. The minimum atomic E-state index is -2.32. The smallest absolute Gasteiger partial charge is 0.486 e. The summed E-state index contributed by atoms with van der Waals surface area (Å²) in [4.78, 5) is 68.0. The van der Waals surface area contributed by atoms with Crippen molar-refractivity contribution in [3.8, 4) is 34.5 Å². The molecule has 380 valence electrons. The predicted octanol–water partition coefficient (Wildman–Crippen LogP) is 8.74. The van der Waals surface area contributed by atoms with Crippen molar-refractivity contribution < 1.29 is 80.8 Å². The van der Waals surface area contributed by atoms with Crippen LogP contribution < -0.4 is 28.4 Å². The zero-order chi connectivity index (χ0) is 52.3. The predicted molar refractivity (Wildman–Crippen MR) is 268 cm³/mol. The highest BCUT2D eigenvalue weighted by molar-refractivity contribution is 5.90. The highest BCUT2D eigenvalue weighted by atomic mass is 16.7. The summed E-state index contributed by atoms with van der Waals surface area (Å²) in [6, 6.07) is 14.7. The molecule has 0 saturated heterocycles. The molecule has 0 radical (unpaired) electrons. The molecule has 2 atom stereocenters. The monoisotopic (exact) mass is 990 g/mol. The molecule has 0 heterocycles. The van der Waals surface area contributed by atoms with Crippen molar-refractivity contribution in [2.24, 2.45) is 0 Å². The van der Waals surface area contributed by atoms with Crippen LogP contribution in [0.3, 0.4) is 0 Å². The van der Waals surface area contributed by atoms with Gasteiger partial charge in [0.1, 0.15) is 51.8 Å². The number of hydrogen-bond donors (Lipinski definition) is 0. The van der Waals surface area contributed by atoms with Crippen LogP contribution in [-0.2, 0) is 47.6 Å². The molecule has 0 N–H and O–H groups in total. The largest absolute Gasteiger partial charge is 0.509 e. The lowest BCUT2D eigenvalue weighted by Gasteiger charge is -2.43. The molecule has 0 aliphatic heterocycles. The standard InChI is InChI=1S/C55H58O17/c1-9-27-63-41-21-15-38(33-44(41)66-30-12-4)18-24-49(56)69-47-36-55(53(59)61-7,72-54(60)62-8)37-48(70-50(57)25-19-39-16-22-42(64-28-10-2)45(34-39)67-31-13-5)52(47)71-51(58)26-20-40-17-23-43(65-29-11-3)46(35-40)68-32-14-6/h9-26,33-35,47-48,52H,1-6,27-32,36-37H2,7-8H3/b24-18+,25-19+,26-20+/t47-,48-,52-,55+/m1/s1. The molecule has 17 nitrogen and oxygen atoms in total. The summed E-state index contributed by atoms with van der Waals surface area (Å²) in [5.74, 6) is -1.90. The van der Waals surface area contributed by atoms with Crippen LogP contribution in [0.4, 0.5) is 4.79 Å². The fourth-order valence-corrected chi connectivity index (χ4v) is 6.77. The number of hydrogen-bond acceptors (Lipinski definition) is 17. The lowest BCUT2D eigenvalue weighted by atomic mass is 9.79. The van der Waals surface area contributed by atoms with Crippen LogP contribution in [0.2, 0.25) is 0 Å². The van der Waals surface area contributed by atoms with Crippen molar-refractivity contribution in [1.82, 2.24) is 0 Å². The van der Waals surface area contributed by atoms with Gasteiger partial charge in [-0.1, -0.05) is 94.1 Å². The van der Waals surface area contributed by atoms with E-state index in [1.165, 1.54) is 18.2 Å². The molecule has 1 fully saturated rings. The summed E-state index contributed by atoms with van der Waals surface area (Å²) in [5.41, 5.74) is -0.892. The average Bonchev–Trinajstić information content (AvgIpc) is 3.38. The molecule has 0 bridgehead atoms. The van der Waals surface area contributed by atoms with Gasteiger partial charge in [0, 0.05) is 31.1 Å². The number of esters is 4. The molecule has 4 rings (SSSR count). The first-order chi connectivity index (χ1) is 34.8. The third-order valence-corrected chi connectivity index (χ3v) is 9.86. The third kappa shape index (κ3) is 17.0. The maximum absolute atomic E-state index is 13.8. The van der Waals surface area contributed by atoms with Gasteiger partial charge in [0.15, 0.2) is 40.6 Å². The maximum Gasteiger partial charge on any atom is 0.509 e. The van der Waals surface area contributed by atoms with Crippen LogP contribution in [0.25, 0.3) is 18.2 Å². The van der Waals surface area contributed by atoms with Gasteiger partial charge in [-0.3, -0.25) is 0 Å². The van der Waals surface area contributed by atoms with Gasteiger partial charge in [0.05, 0.1) is 14.2 Å². The molecule has 1 aliphatic carbocycles. The van der Waals surface area contributed by atoms with Gasteiger partial charge < -0.3 is 56.8 Å². The molecule has 0 unspecified atom stereocenters. The van der Waals surface area contributed by atoms with Gasteiger partial charge in [-0.05, 0) is 71.3 Å². The van der Waals surface area contributed by atoms with Crippen molar-refractivity contribution in [1.29, 1.82) is 0 Å². The molecule has 3 aromatic carbocycles. The molecule has 0 aromatic heterocycles. The lowest BCUT2D eigenvalue weighted by molar-refractivity contribution is -0.214. The summed E-state index contributed by atoms with van der Waals surface area (Å²) in [6.45, 7) is 23.1. The highest BCUT2D eigenvalue weighted by Crippen LogP contribution is 2.39. The van der Waals surface area contributed by atoms with Crippen LogP contribution in [-0.4, -0.2) is 108 Å². The molecule has 0 amide bonds. The molecular formula is C55H58O17. The Balaban J connectivity index is 1.77. The molecule has 1 saturated carbocycles. The molecule has 72 heavy (non-hydrogen) atoms. The van der Waals surface area contributed by atoms with E-state index < -0.39 is 66.8 Å². The van der Waals surface area contributed by atoms with Crippen LogP contribution in [0.15, 0.2) is 149 Å².